The second-order valence-electron chi connectivity index (χ2n) is 6.80. The number of nitrogens with one attached hydrogen (secondary N) is 2. The van der Waals surface area contributed by atoms with Gasteiger partial charge in [-0.2, -0.15) is 0 Å². The van der Waals surface area contributed by atoms with Crippen LogP contribution >= 0.6 is 0 Å². The molecule has 1 saturated heterocycles. The summed E-state index contributed by atoms with van der Waals surface area (Å²) in [5, 5.41) is 5.92. The molecule has 6 heteroatoms. The number of nitrogens with two attached hydrogens (primary N) is 1. The first-order chi connectivity index (χ1) is 9.88. The van der Waals surface area contributed by atoms with Crippen LogP contribution < -0.4 is 16.4 Å². The van der Waals surface area contributed by atoms with Crippen LogP contribution in [0.5, 0.6) is 0 Å². The van der Waals surface area contributed by atoms with Crippen LogP contribution in [0.2, 0.25) is 0 Å². The molecule has 3 amide bonds. The lowest BCUT2D eigenvalue weighted by Crippen LogP contribution is -2.52. The highest BCUT2D eigenvalue weighted by atomic mass is 16.5. The van der Waals surface area contributed by atoms with Crippen LogP contribution in [-0.4, -0.2) is 36.2 Å². The first-order valence-electron chi connectivity index (χ1n) is 7.89. The maximum Gasteiger partial charge on any atom is 0.315 e. The lowest BCUT2D eigenvalue weighted by molar-refractivity contribution is -0.128. The molecule has 2 atom stereocenters. The second kappa shape index (κ2) is 6.64. The maximum atomic E-state index is 12.0. The quantitative estimate of drug-likeness (QED) is 0.730. The van der Waals surface area contributed by atoms with Gasteiger partial charge in [0.1, 0.15) is 6.10 Å². The molecule has 1 aliphatic carbocycles. The molecule has 0 radical (unpaired) electrons. The summed E-state index contributed by atoms with van der Waals surface area (Å²) in [6.45, 7) is 4.78. The van der Waals surface area contributed by atoms with E-state index in [1.165, 1.54) is 0 Å². The molecule has 120 valence electrons. The van der Waals surface area contributed by atoms with Crippen molar-refractivity contribution < 1.29 is 14.3 Å². The molecule has 1 aliphatic heterocycles. The van der Waals surface area contributed by atoms with Gasteiger partial charge in [0, 0.05) is 12.1 Å². The zero-order chi connectivity index (χ0) is 15.5. The average molecular weight is 297 g/mol. The predicted molar refractivity (Wildman–Crippen MR) is 79.7 cm³/mol. The standard InChI is InChI=1S/C15H27N3O3/c1-10-5-7-15(2,8-6-10)18-14(20)17-9-11-3-4-12(21-11)13(16)19/h10-12H,3-9H2,1-2H3,(H2,16,19)(H2,17,18,20). The van der Waals surface area contributed by atoms with Gasteiger partial charge >= 0.3 is 6.03 Å². The average Bonchev–Trinajstić information content (AvgIpc) is 2.89. The van der Waals surface area contributed by atoms with Crippen LogP contribution in [0.15, 0.2) is 0 Å². The number of carbonyl (C=O) groups is 2. The smallest absolute Gasteiger partial charge is 0.315 e. The Bertz CT molecular complexity index is 392. The number of primary amides is 1. The van der Waals surface area contributed by atoms with E-state index in [0.29, 0.717) is 13.0 Å². The fourth-order valence-electron chi connectivity index (χ4n) is 3.11. The molecule has 1 saturated carbocycles. The molecular formula is C15H27N3O3. The molecule has 1 heterocycles. The van der Waals surface area contributed by atoms with E-state index < -0.39 is 12.0 Å². The van der Waals surface area contributed by atoms with E-state index in [9.17, 15) is 9.59 Å². The topological polar surface area (TPSA) is 93.5 Å². The second-order valence-corrected chi connectivity index (χ2v) is 6.80. The lowest BCUT2D eigenvalue weighted by atomic mass is 9.78. The Morgan fingerprint density at radius 1 is 1.24 bits per heavy atom. The minimum Gasteiger partial charge on any atom is -0.367 e. The molecule has 0 aromatic carbocycles. The van der Waals surface area contributed by atoms with Crippen molar-refractivity contribution in [3.63, 3.8) is 0 Å². The van der Waals surface area contributed by atoms with Crippen molar-refractivity contribution in [2.45, 2.75) is 70.1 Å². The number of ether oxygens (including phenoxy) is 1. The summed E-state index contributed by atoms with van der Waals surface area (Å²) in [5.41, 5.74) is 5.10. The molecule has 2 fully saturated rings. The van der Waals surface area contributed by atoms with Crippen LogP contribution in [0.1, 0.15) is 52.4 Å². The molecular weight excluding hydrogens is 270 g/mol. The summed E-state index contributed by atoms with van der Waals surface area (Å²) in [5.74, 6) is 0.325. The number of rotatable bonds is 4. The zero-order valence-electron chi connectivity index (χ0n) is 13.0. The van der Waals surface area contributed by atoms with Gasteiger partial charge in [0.15, 0.2) is 0 Å². The fourth-order valence-corrected chi connectivity index (χ4v) is 3.11. The third-order valence-corrected chi connectivity index (χ3v) is 4.71. The molecule has 2 unspecified atom stereocenters. The van der Waals surface area contributed by atoms with Crippen molar-refractivity contribution in [3.8, 4) is 0 Å². The van der Waals surface area contributed by atoms with E-state index >= 15 is 0 Å². The van der Waals surface area contributed by atoms with Crippen LogP contribution in [0, 0.1) is 5.92 Å². The van der Waals surface area contributed by atoms with Crippen LogP contribution in [0.3, 0.4) is 0 Å². The monoisotopic (exact) mass is 297 g/mol. The highest BCUT2D eigenvalue weighted by molar-refractivity contribution is 5.79. The molecule has 2 aliphatic rings. The summed E-state index contributed by atoms with van der Waals surface area (Å²) in [4.78, 5) is 23.0. The van der Waals surface area contributed by atoms with E-state index in [2.05, 4.69) is 24.5 Å². The number of carbonyl (C=O) groups excluding carboxylic acids is 2. The number of amides is 3. The molecule has 4 N–H and O–H groups in total. The lowest BCUT2D eigenvalue weighted by Gasteiger charge is -2.37. The van der Waals surface area contributed by atoms with Crippen molar-refractivity contribution in [1.29, 1.82) is 0 Å². The highest BCUT2D eigenvalue weighted by Gasteiger charge is 2.32. The highest BCUT2D eigenvalue weighted by Crippen LogP contribution is 2.31. The van der Waals surface area contributed by atoms with Gasteiger partial charge in [-0.3, -0.25) is 4.79 Å². The van der Waals surface area contributed by atoms with Crippen molar-refractivity contribution in [1.82, 2.24) is 10.6 Å². The normalized spacial score (nSPS) is 36.2. The third-order valence-electron chi connectivity index (χ3n) is 4.71. The van der Waals surface area contributed by atoms with Crippen molar-refractivity contribution in [2.75, 3.05) is 6.54 Å². The summed E-state index contributed by atoms with van der Waals surface area (Å²) in [7, 11) is 0. The first-order valence-corrected chi connectivity index (χ1v) is 7.89. The largest absolute Gasteiger partial charge is 0.367 e. The Morgan fingerprint density at radius 2 is 1.90 bits per heavy atom. The van der Waals surface area contributed by atoms with Gasteiger partial charge < -0.3 is 21.1 Å². The molecule has 0 aromatic heterocycles. The SMILES string of the molecule is CC1CCC(C)(NC(=O)NCC2CCC(C(N)=O)O2)CC1. The summed E-state index contributed by atoms with van der Waals surface area (Å²) in [6, 6.07) is -0.154. The van der Waals surface area contributed by atoms with Gasteiger partial charge in [-0.15, -0.1) is 0 Å². The van der Waals surface area contributed by atoms with Gasteiger partial charge in [0.25, 0.3) is 0 Å². The van der Waals surface area contributed by atoms with E-state index in [4.69, 9.17) is 10.5 Å². The summed E-state index contributed by atoms with van der Waals surface area (Å²) in [6.07, 6.45) is 5.12. The zero-order valence-corrected chi connectivity index (χ0v) is 13.0. The molecule has 6 nitrogen and oxygen atoms in total. The Kier molecular flexibility index (Phi) is 5.08. The summed E-state index contributed by atoms with van der Waals surface area (Å²) < 4.78 is 5.49. The Labute approximate surface area is 126 Å². The molecule has 2 rings (SSSR count). The van der Waals surface area contributed by atoms with E-state index in [-0.39, 0.29) is 17.7 Å². The predicted octanol–water partition coefficient (Wildman–Crippen LogP) is 1.29. The van der Waals surface area contributed by atoms with Gasteiger partial charge in [-0.05, 0) is 51.4 Å². The molecule has 0 spiro atoms. The number of hydrogen-bond acceptors (Lipinski definition) is 3. The van der Waals surface area contributed by atoms with Crippen LogP contribution in [0.25, 0.3) is 0 Å². The Morgan fingerprint density at radius 3 is 2.48 bits per heavy atom. The Hall–Kier alpha value is -1.30. The number of hydrogen-bond donors (Lipinski definition) is 3. The van der Waals surface area contributed by atoms with Gasteiger partial charge in [0.2, 0.25) is 5.91 Å². The van der Waals surface area contributed by atoms with Gasteiger partial charge in [-0.1, -0.05) is 6.92 Å². The van der Waals surface area contributed by atoms with Gasteiger partial charge in [-0.25, -0.2) is 4.79 Å². The molecule has 0 bridgehead atoms. The van der Waals surface area contributed by atoms with Gasteiger partial charge in [0.05, 0.1) is 6.10 Å². The maximum absolute atomic E-state index is 12.0. The van der Waals surface area contributed by atoms with E-state index in [1.807, 2.05) is 0 Å². The first kappa shape index (κ1) is 16.1. The summed E-state index contributed by atoms with van der Waals surface area (Å²) >= 11 is 0. The molecule has 21 heavy (non-hydrogen) atoms. The Balaban J connectivity index is 1.69. The van der Waals surface area contributed by atoms with Crippen LogP contribution in [-0.2, 0) is 9.53 Å². The molecule has 0 aromatic rings. The van der Waals surface area contributed by atoms with Crippen molar-refractivity contribution in [3.05, 3.63) is 0 Å². The fraction of sp³-hybridized carbons (Fsp3) is 0.867. The van der Waals surface area contributed by atoms with Crippen LogP contribution in [0.4, 0.5) is 4.79 Å². The third kappa shape index (κ3) is 4.59. The van der Waals surface area contributed by atoms with Crippen molar-refractivity contribution >= 4 is 11.9 Å². The van der Waals surface area contributed by atoms with Crippen molar-refractivity contribution in [2.24, 2.45) is 11.7 Å². The number of urea groups is 1. The van der Waals surface area contributed by atoms with E-state index in [1.54, 1.807) is 0 Å². The van der Waals surface area contributed by atoms with E-state index in [0.717, 1.165) is 38.0 Å². The minimum absolute atomic E-state index is 0.108. The minimum atomic E-state index is -0.503.